The van der Waals surface area contributed by atoms with Crippen molar-refractivity contribution in [3.63, 3.8) is 0 Å². The van der Waals surface area contributed by atoms with Crippen molar-refractivity contribution in [3.8, 4) is 5.75 Å². The third kappa shape index (κ3) is 5.65. The van der Waals surface area contributed by atoms with Gasteiger partial charge in [0.1, 0.15) is 5.75 Å². The molecule has 0 saturated carbocycles. The smallest absolute Gasteiger partial charge is 0.125 e. The van der Waals surface area contributed by atoms with Gasteiger partial charge < -0.3 is 10.1 Å². The number of aryl methyl sites for hydroxylation is 2. The largest absolute Gasteiger partial charge is 0.493 e. The lowest BCUT2D eigenvalue weighted by Crippen LogP contribution is -2.13. The molecular weight excluding hydrogens is 234 g/mol. The molecule has 0 aliphatic rings. The zero-order valence-corrected chi connectivity index (χ0v) is 13.0. The average molecular weight is 263 g/mol. The zero-order valence-electron chi connectivity index (χ0n) is 13.0. The van der Waals surface area contributed by atoms with Gasteiger partial charge in [-0.1, -0.05) is 31.9 Å². The molecule has 0 amide bonds. The molecule has 19 heavy (non-hydrogen) atoms. The molecule has 0 spiro atoms. The van der Waals surface area contributed by atoms with Crippen LogP contribution in [0.15, 0.2) is 12.1 Å². The Morgan fingerprint density at radius 2 is 1.63 bits per heavy atom. The first-order valence-corrected chi connectivity index (χ1v) is 7.57. The second-order valence-corrected chi connectivity index (χ2v) is 5.27. The number of hydrogen-bond acceptors (Lipinski definition) is 2. The van der Waals surface area contributed by atoms with Gasteiger partial charge in [0, 0.05) is 0 Å². The van der Waals surface area contributed by atoms with Crippen molar-refractivity contribution in [2.75, 3.05) is 19.7 Å². The number of ether oxygens (including phenoxy) is 1. The maximum absolute atomic E-state index is 5.96. The summed E-state index contributed by atoms with van der Waals surface area (Å²) in [4.78, 5) is 0. The molecule has 0 radical (unpaired) electrons. The Bertz CT molecular complexity index is 374. The Kier molecular flexibility index (Phi) is 7.57. The van der Waals surface area contributed by atoms with E-state index in [1.54, 1.807) is 0 Å². The fraction of sp³-hybridized carbons (Fsp3) is 0.647. The molecule has 1 rings (SSSR count). The molecule has 2 heteroatoms. The molecule has 0 saturated heterocycles. The van der Waals surface area contributed by atoms with Crippen LogP contribution in [-0.2, 0) is 0 Å². The van der Waals surface area contributed by atoms with Crippen LogP contribution in [0.2, 0.25) is 0 Å². The third-order valence-electron chi connectivity index (χ3n) is 3.62. The van der Waals surface area contributed by atoms with E-state index in [0.29, 0.717) is 0 Å². The van der Waals surface area contributed by atoms with Crippen LogP contribution in [0.1, 0.15) is 49.3 Å². The second-order valence-electron chi connectivity index (χ2n) is 5.27. The van der Waals surface area contributed by atoms with E-state index in [2.05, 4.69) is 45.1 Å². The fourth-order valence-electron chi connectivity index (χ4n) is 2.20. The van der Waals surface area contributed by atoms with Crippen molar-refractivity contribution in [2.45, 2.75) is 53.4 Å². The second kappa shape index (κ2) is 8.98. The predicted octanol–water partition coefficient (Wildman–Crippen LogP) is 4.16. The third-order valence-corrected chi connectivity index (χ3v) is 3.62. The van der Waals surface area contributed by atoms with Gasteiger partial charge in [-0.15, -0.1) is 0 Å². The van der Waals surface area contributed by atoms with Crippen LogP contribution in [0.5, 0.6) is 5.75 Å². The summed E-state index contributed by atoms with van der Waals surface area (Å²) in [5.41, 5.74) is 3.84. The summed E-state index contributed by atoms with van der Waals surface area (Å²) in [6, 6.07) is 4.31. The van der Waals surface area contributed by atoms with Crippen LogP contribution in [0.4, 0.5) is 0 Å². The zero-order chi connectivity index (χ0) is 14.1. The molecule has 0 unspecified atom stereocenters. The molecule has 1 aromatic carbocycles. The normalized spacial score (nSPS) is 10.7. The lowest BCUT2D eigenvalue weighted by atomic mass is 10.1. The summed E-state index contributed by atoms with van der Waals surface area (Å²) in [5.74, 6) is 1.09. The number of hydrogen-bond donors (Lipinski definition) is 1. The van der Waals surface area contributed by atoms with E-state index in [4.69, 9.17) is 4.74 Å². The van der Waals surface area contributed by atoms with E-state index in [1.165, 1.54) is 36.0 Å². The molecule has 0 atom stereocenters. The highest BCUT2D eigenvalue weighted by Gasteiger charge is 2.05. The molecule has 108 valence electrons. The number of benzene rings is 1. The highest BCUT2D eigenvalue weighted by Crippen LogP contribution is 2.25. The molecule has 0 fully saturated rings. The van der Waals surface area contributed by atoms with Gasteiger partial charge in [0.2, 0.25) is 0 Å². The predicted molar refractivity (Wildman–Crippen MR) is 83.2 cm³/mol. The quantitative estimate of drug-likeness (QED) is 0.675. The minimum absolute atomic E-state index is 0.840. The van der Waals surface area contributed by atoms with E-state index >= 15 is 0 Å². The molecule has 2 nitrogen and oxygen atoms in total. The van der Waals surface area contributed by atoms with Crippen LogP contribution in [0.25, 0.3) is 0 Å². The maximum atomic E-state index is 5.96. The first-order valence-electron chi connectivity index (χ1n) is 7.57. The van der Waals surface area contributed by atoms with Crippen molar-refractivity contribution < 1.29 is 4.74 Å². The summed E-state index contributed by atoms with van der Waals surface area (Å²) in [6.45, 7) is 11.6. The monoisotopic (exact) mass is 263 g/mol. The minimum atomic E-state index is 0.840. The van der Waals surface area contributed by atoms with Gasteiger partial charge in [-0.3, -0.25) is 0 Å². The van der Waals surface area contributed by atoms with Crippen LogP contribution in [0.3, 0.4) is 0 Å². The van der Waals surface area contributed by atoms with Gasteiger partial charge in [0.05, 0.1) is 6.61 Å². The highest BCUT2D eigenvalue weighted by molar-refractivity contribution is 5.44. The highest BCUT2D eigenvalue weighted by atomic mass is 16.5. The first kappa shape index (κ1) is 16.0. The van der Waals surface area contributed by atoms with Crippen molar-refractivity contribution in [1.82, 2.24) is 5.32 Å². The molecule has 0 bridgehead atoms. The lowest BCUT2D eigenvalue weighted by Gasteiger charge is -2.13. The summed E-state index contributed by atoms with van der Waals surface area (Å²) in [5, 5.41) is 3.35. The van der Waals surface area contributed by atoms with Gasteiger partial charge in [-0.2, -0.15) is 0 Å². The molecule has 0 aliphatic heterocycles. The van der Waals surface area contributed by atoms with E-state index in [0.717, 1.165) is 31.9 Å². The van der Waals surface area contributed by atoms with Crippen molar-refractivity contribution in [2.24, 2.45) is 0 Å². The topological polar surface area (TPSA) is 21.3 Å². The van der Waals surface area contributed by atoms with E-state index in [-0.39, 0.29) is 0 Å². The van der Waals surface area contributed by atoms with E-state index in [9.17, 15) is 0 Å². The number of rotatable bonds is 9. The Hall–Kier alpha value is -1.02. The molecule has 0 heterocycles. The van der Waals surface area contributed by atoms with Crippen LogP contribution >= 0.6 is 0 Å². The molecule has 1 aromatic rings. The van der Waals surface area contributed by atoms with Gasteiger partial charge >= 0.3 is 0 Å². The van der Waals surface area contributed by atoms with Crippen LogP contribution in [0, 0.1) is 20.8 Å². The fourth-order valence-corrected chi connectivity index (χ4v) is 2.20. The Morgan fingerprint density at radius 1 is 0.947 bits per heavy atom. The van der Waals surface area contributed by atoms with Gasteiger partial charge in [0.25, 0.3) is 0 Å². The number of unbranched alkanes of at least 4 members (excludes halogenated alkanes) is 3. The number of nitrogens with one attached hydrogen (secondary N) is 1. The van der Waals surface area contributed by atoms with E-state index in [1.807, 2.05) is 0 Å². The van der Waals surface area contributed by atoms with Crippen molar-refractivity contribution in [1.29, 1.82) is 0 Å². The van der Waals surface area contributed by atoms with Crippen LogP contribution < -0.4 is 10.1 Å². The van der Waals surface area contributed by atoms with Gasteiger partial charge in [-0.25, -0.2) is 0 Å². The summed E-state index contributed by atoms with van der Waals surface area (Å²) < 4.78 is 5.96. The van der Waals surface area contributed by atoms with Crippen molar-refractivity contribution in [3.05, 3.63) is 28.8 Å². The van der Waals surface area contributed by atoms with E-state index < -0.39 is 0 Å². The molecule has 1 N–H and O–H groups in total. The summed E-state index contributed by atoms with van der Waals surface area (Å²) >= 11 is 0. The van der Waals surface area contributed by atoms with Crippen molar-refractivity contribution >= 4 is 0 Å². The minimum Gasteiger partial charge on any atom is -0.493 e. The maximum Gasteiger partial charge on any atom is 0.125 e. The molecule has 0 aliphatic carbocycles. The van der Waals surface area contributed by atoms with Crippen LogP contribution in [-0.4, -0.2) is 19.7 Å². The lowest BCUT2D eigenvalue weighted by molar-refractivity contribution is 0.300. The average Bonchev–Trinajstić information content (AvgIpc) is 2.40. The Balaban J connectivity index is 2.21. The summed E-state index contributed by atoms with van der Waals surface area (Å²) in [7, 11) is 0. The van der Waals surface area contributed by atoms with Gasteiger partial charge in [-0.05, 0) is 63.4 Å². The first-order chi connectivity index (χ1) is 9.16. The molecule has 0 aromatic heterocycles. The SMILES string of the molecule is CCNCCCCCCOc1c(C)ccc(C)c1C. The standard InChI is InChI=1S/C17H29NO/c1-5-18-12-8-6-7-9-13-19-17-15(3)11-10-14(2)16(17)4/h10-11,18H,5-9,12-13H2,1-4H3. The molecular formula is C17H29NO. The Labute approximate surface area is 118 Å². The van der Waals surface area contributed by atoms with Gasteiger partial charge in [0.15, 0.2) is 0 Å². The Morgan fingerprint density at radius 3 is 2.37 bits per heavy atom. The summed E-state index contributed by atoms with van der Waals surface area (Å²) in [6.07, 6.45) is 4.98.